The monoisotopic (exact) mass is 459 g/mol. The van der Waals surface area contributed by atoms with Gasteiger partial charge < -0.3 is 0 Å². The average Bonchev–Trinajstić information content (AvgIpc) is 2.81. The molecule has 4 aromatic carbocycles. The van der Waals surface area contributed by atoms with Crippen molar-refractivity contribution in [1.82, 2.24) is 0 Å². The van der Waals surface area contributed by atoms with Gasteiger partial charge in [0.15, 0.2) is 0 Å². The van der Waals surface area contributed by atoms with Crippen LogP contribution in [0.3, 0.4) is 0 Å². The molecule has 0 amide bonds. The van der Waals surface area contributed by atoms with Crippen LogP contribution in [0, 0.1) is 10.1 Å². The van der Waals surface area contributed by atoms with E-state index in [4.69, 9.17) is 0 Å². The van der Waals surface area contributed by atoms with Gasteiger partial charge in [0, 0.05) is 10.5 Å². The maximum absolute atomic E-state index is 11.8. The summed E-state index contributed by atoms with van der Waals surface area (Å²) in [4.78, 5) is 11.4. The quantitative estimate of drug-likeness (QED) is 0.227. The second-order valence-electron chi connectivity index (χ2n) is 6.42. The van der Waals surface area contributed by atoms with Gasteiger partial charge in [-0.25, -0.2) is 0 Å². The lowest BCUT2D eigenvalue weighted by atomic mass is 9.97. The van der Waals surface area contributed by atoms with Crippen LogP contribution in [0.15, 0.2) is 102 Å². The van der Waals surface area contributed by atoms with E-state index >= 15 is 0 Å². The summed E-state index contributed by atoms with van der Waals surface area (Å²) in [5.74, 6) is 0. The molecule has 4 heteroatoms. The summed E-state index contributed by atoms with van der Waals surface area (Å²) in [5.41, 5.74) is 5.48. The van der Waals surface area contributed by atoms with Crippen LogP contribution in [-0.2, 0) is 0 Å². The summed E-state index contributed by atoms with van der Waals surface area (Å²) >= 11 is 3.55. The number of nitro groups is 1. The van der Waals surface area contributed by atoms with E-state index in [9.17, 15) is 10.1 Å². The summed E-state index contributed by atoms with van der Waals surface area (Å²) in [7, 11) is 0. The summed E-state index contributed by atoms with van der Waals surface area (Å²) in [5, 5.41) is 11.8. The van der Waals surface area contributed by atoms with Crippen molar-refractivity contribution in [2.24, 2.45) is 0 Å². The fourth-order valence-corrected chi connectivity index (χ4v) is 3.96. The highest BCUT2D eigenvalue weighted by Crippen LogP contribution is 2.40. The zero-order valence-electron chi connectivity index (χ0n) is 16.9. The molecule has 0 aliphatic heterocycles. The molecule has 0 spiro atoms. The van der Waals surface area contributed by atoms with Crippen molar-refractivity contribution in [3.8, 4) is 33.4 Å². The Balaban J connectivity index is 0.00000124. The van der Waals surface area contributed by atoms with Crippen molar-refractivity contribution in [2.45, 2.75) is 13.8 Å². The van der Waals surface area contributed by atoms with Gasteiger partial charge in [-0.3, -0.25) is 10.1 Å². The molecule has 30 heavy (non-hydrogen) atoms. The van der Waals surface area contributed by atoms with E-state index < -0.39 is 0 Å². The first-order valence-corrected chi connectivity index (χ1v) is 10.6. The first-order valence-electron chi connectivity index (χ1n) is 9.83. The molecule has 0 bridgehead atoms. The lowest BCUT2D eigenvalue weighted by Crippen LogP contribution is -1.94. The Hall–Kier alpha value is -3.24. The van der Waals surface area contributed by atoms with Gasteiger partial charge in [-0.05, 0) is 49.8 Å². The maximum Gasteiger partial charge on any atom is 0.278 e. The van der Waals surface area contributed by atoms with Crippen LogP contribution >= 0.6 is 15.9 Å². The molecule has 0 aliphatic carbocycles. The SMILES string of the molecule is CC.O=[N+]([O-])c1cc(-c2ccc(-c3ccccc3)cc2)cc(Br)c1-c1ccccc1. The summed E-state index contributed by atoms with van der Waals surface area (Å²) < 4.78 is 0.704. The van der Waals surface area contributed by atoms with Gasteiger partial charge in [-0.2, -0.15) is 0 Å². The van der Waals surface area contributed by atoms with Gasteiger partial charge in [0.25, 0.3) is 5.69 Å². The van der Waals surface area contributed by atoms with Gasteiger partial charge in [-0.15, -0.1) is 0 Å². The lowest BCUT2D eigenvalue weighted by molar-refractivity contribution is -0.384. The summed E-state index contributed by atoms with van der Waals surface area (Å²) in [6.07, 6.45) is 0. The third-order valence-electron chi connectivity index (χ3n) is 4.65. The number of nitro benzene ring substituents is 1. The summed E-state index contributed by atoms with van der Waals surface area (Å²) in [6.45, 7) is 4.00. The molecule has 0 saturated carbocycles. The molecule has 0 unspecified atom stereocenters. The van der Waals surface area contributed by atoms with Crippen LogP contribution < -0.4 is 0 Å². The van der Waals surface area contributed by atoms with Crippen molar-refractivity contribution < 1.29 is 4.92 Å². The standard InChI is InChI=1S/C24H16BrNO2.C2H6/c25-22-15-21(16-23(26(27)28)24(22)20-9-5-2-6-10-20)19-13-11-18(12-14-19)17-7-3-1-4-8-17;1-2/h1-16H;1-2H3. The number of rotatable bonds is 4. The fourth-order valence-electron chi connectivity index (χ4n) is 3.28. The highest BCUT2D eigenvalue weighted by molar-refractivity contribution is 9.10. The van der Waals surface area contributed by atoms with Crippen LogP contribution in [-0.4, -0.2) is 4.92 Å². The Kier molecular flexibility index (Phi) is 7.15. The number of hydrogen-bond donors (Lipinski definition) is 0. The Labute approximate surface area is 185 Å². The second kappa shape index (κ2) is 9.99. The highest BCUT2D eigenvalue weighted by atomic mass is 79.9. The molecule has 0 radical (unpaired) electrons. The topological polar surface area (TPSA) is 43.1 Å². The van der Waals surface area contributed by atoms with E-state index in [-0.39, 0.29) is 10.6 Å². The largest absolute Gasteiger partial charge is 0.278 e. The molecule has 0 fully saturated rings. The smallest absolute Gasteiger partial charge is 0.258 e. The van der Waals surface area contributed by atoms with Crippen LogP contribution in [0.25, 0.3) is 33.4 Å². The minimum Gasteiger partial charge on any atom is -0.258 e. The number of hydrogen-bond acceptors (Lipinski definition) is 2. The number of benzene rings is 4. The van der Waals surface area contributed by atoms with Gasteiger partial charge in [0.2, 0.25) is 0 Å². The molecular formula is C26H22BrNO2. The Morgan fingerprint density at radius 3 is 1.57 bits per heavy atom. The first kappa shape index (κ1) is 21.5. The Bertz CT molecular complexity index is 1130. The van der Waals surface area contributed by atoms with E-state index in [1.54, 1.807) is 6.07 Å². The third kappa shape index (κ3) is 4.66. The highest BCUT2D eigenvalue weighted by Gasteiger charge is 2.20. The minimum absolute atomic E-state index is 0.0858. The zero-order chi connectivity index (χ0) is 21.5. The molecule has 0 aliphatic rings. The van der Waals surface area contributed by atoms with Gasteiger partial charge >= 0.3 is 0 Å². The van der Waals surface area contributed by atoms with Crippen molar-refractivity contribution >= 4 is 21.6 Å². The van der Waals surface area contributed by atoms with Crippen LogP contribution in [0.4, 0.5) is 5.69 Å². The van der Waals surface area contributed by atoms with E-state index in [1.807, 2.05) is 92.7 Å². The molecule has 4 aromatic rings. The molecular weight excluding hydrogens is 438 g/mol. The third-order valence-corrected chi connectivity index (χ3v) is 5.28. The minimum atomic E-state index is -0.324. The number of halogens is 1. The van der Waals surface area contributed by atoms with E-state index in [0.717, 1.165) is 27.8 Å². The van der Waals surface area contributed by atoms with Gasteiger partial charge in [0.1, 0.15) is 0 Å². The van der Waals surface area contributed by atoms with Crippen LogP contribution in [0.1, 0.15) is 13.8 Å². The predicted molar refractivity (Wildman–Crippen MR) is 128 cm³/mol. The van der Waals surface area contributed by atoms with E-state index in [0.29, 0.717) is 10.0 Å². The molecule has 0 N–H and O–H groups in total. The Morgan fingerprint density at radius 1 is 0.633 bits per heavy atom. The van der Waals surface area contributed by atoms with Crippen molar-refractivity contribution in [3.05, 3.63) is 112 Å². The molecule has 0 atom stereocenters. The first-order chi connectivity index (χ1) is 14.6. The predicted octanol–water partition coefficient (Wildman–Crippen LogP) is 8.38. The molecule has 4 rings (SSSR count). The average molecular weight is 460 g/mol. The molecule has 3 nitrogen and oxygen atoms in total. The van der Waals surface area contributed by atoms with E-state index in [1.165, 1.54) is 0 Å². The zero-order valence-corrected chi connectivity index (χ0v) is 18.5. The van der Waals surface area contributed by atoms with Crippen molar-refractivity contribution in [1.29, 1.82) is 0 Å². The van der Waals surface area contributed by atoms with Crippen LogP contribution in [0.5, 0.6) is 0 Å². The van der Waals surface area contributed by atoms with Crippen molar-refractivity contribution in [3.63, 3.8) is 0 Å². The summed E-state index contributed by atoms with van der Waals surface area (Å²) in [6, 6.07) is 31.2. The van der Waals surface area contributed by atoms with Gasteiger partial charge in [-0.1, -0.05) is 98.8 Å². The fraction of sp³-hybridized carbons (Fsp3) is 0.0769. The molecule has 0 aromatic heterocycles. The van der Waals surface area contributed by atoms with Crippen LogP contribution in [0.2, 0.25) is 0 Å². The van der Waals surface area contributed by atoms with Gasteiger partial charge in [0.05, 0.1) is 10.5 Å². The lowest BCUT2D eigenvalue weighted by Gasteiger charge is -2.10. The second-order valence-corrected chi connectivity index (χ2v) is 7.27. The molecule has 0 heterocycles. The molecule has 150 valence electrons. The normalized spacial score (nSPS) is 10.1. The Morgan fingerprint density at radius 2 is 1.07 bits per heavy atom. The number of nitrogens with zero attached hydrogens (tertiary/aromatic N) is 1. The maximum atomic E-state index is 11.8. The van der Waals surface area contributed by atoms with Crippen molar-refractivity contribution in [2.75, 3.05) is 0 Å². The molecule has 0 saturated heterocycles. The van der Waals surface area contributed by atoms with E-state index in [2.05, 4.69) is 28.1 Å².